The maximum Gasteiger partial charge on any atom is 1.00 e. The molecule has 1 saturated heterocycles. The Labute approximate surface area is 223 Å². The van der Waals surface area contributed by atoms with Crippen molar-refractivity contribution >= 4 is 51.7 Å². The number of thiazole rings is 1. The van der Waals surface area contributed by atoms with Crippen LogP contribution < -0.4 is 45.7 Å². The van der Waals surface area contributed by atoms with Gasteiger partial charge in [-0.2, -0.15) is 0 Å². The number of anilines is 1. The monoisotopic (exact) mass is 512 g/mol. The van der Waals surface area contributed by atoms with Gasteiger partial charge < -0.3 is 30.5 Å². The van der Waals surface area contributed by atoms with Crippen LogP contribution in [0.1, 0.15) is 11.4 Å². The molecule has 1 fully saturated rings. The average molecular weight is 513 g/mol. The number of carboxylic acid groups (broad SMARTS) is 1. The number of nitrogen functional groups attached to an aromatic ring is 1. The van der Waals surface area contributed by atoms with E-state index < -0.39 is 29.2 Å². The van der Waals surface area contributed by atoms with E-state index in [9.17, 15) is 19.5 Å². The van der Waals surface area contributed by atoms with Gasteiger partial charge in [-0.05, 0) is 12.1 Å². The number of aromatic nitrogens is 2. The first-order valence-corrected chi connectivity index (χ1v) is 11.4. The van der Waals surface area contributed by atoms with Crippen LogP contribution >= 0.6 is 23.1 Å². The average Bonchev–Trinajstić information content (AvgIpc) is 3.25. The molecular weight excluding hydrogens is 495 g/mol. The summed E-state index contributed by atoms with van der Waals surface area (Å²) in [4.78, 5) is 51.2. The summed E-state index contributed by atoms with van der Waals surface area (Å²) in [6.45, 7) is 0.0357. The molecule has 12 nitrogen and oxygen atoms in total. The van der Waals surface area contributed by atoms with Crippen LogP contribution in [0.25, 0.3) is 0 Å². The number of amides is 2. The number of nitrogens with two attached hydrogens (primary N) is 1. The molecule has 2 aromatic heterocycles. The molecule has 2 aliphatic rings. The Balaban J connectivity index is 0.00000324. The Bertz CT molecular complexity index is 1160. The molecule has 3 N–H and O–H groups in total. The number of carboxylic acids is 1. The second kappa shape index (κ2) is 11.2. The van der Waals surface area contributed by atoms with Gasteiger partial charge in [0.15, 0.2) is 10.8 Å². The van der Waals surface area contributed by atoms with Gasteiger partial charge in [0.1, 0.15) is 42.3 Å². The summed E-state index contributed by atoms with van der Waals surface area (Å²) in [6, 6.07) is 4.27. The summed E-state index contributed by atoms with van der Waals surface area (Å²) in [5, 5.41) is 19.2. The number of β-lactam (4-membered cyclic amide) rings is 1. The Kier molecular flexibility index (Phi) is 8.54. The zero-order valence-electron chi connectivity index (χ0n) is 18.1. The molecule has 0 spiro atoms. The van der Waals surface area contributed by atoms with Crippen LogP contribution in [-0.2, 0) is 30.6 Å². The first-order chi connectivity index (χ1) is 15.9. The number of rotatable bonds is 8. The van der Waals surface area contributed by atoms with Crippen molar-refractivity contribution in [2.24, 2.45) is 5.16 Å². The number of nitrogens with one attached hydrogen (secondary N) is 1. The van der Waals surface area contributed by atoms with Gasteiger partial charge in [0, 0.05) is 11.6 Å². The normalized spacial score (nSPS) is 19.5. The van der Waals surface area contributed by atoms with Crippen molar-refractivity contribution in [1.82, 2.24) is 20.2 Å². The quantitative estimate of drug-likeness (QED) is 0.154. The number of fused-ring (bicyclic) bond motifs is 1. The number of pyridine rings is 1. The number of carbonyl (C=O) groups is 3. The van der Waals surface area contributed by atoms with E-state index in [1.807, 2.05) is 0 Å². The van der Waals surface area contributed by atoms with E-state index in [1.54, 1.807) is 24.4 Å². The maximum absolute atomic E-state index is 12.8. The SMILES string of the molecule is CO/N=C(\C(=O)N[C@@H]1C(=O)N2C(C(=O)[O-])=C(OCc3ccccn3)CS[C@H]12)c1csc(N)n1.[Na+]. The van der Waals surface area contributed by atoms with Crippen molar-refractivity contribution in [3.05, 3.63) is 52.6 Å². The van der Waals surface area contributed by atoms with Crippen LogP contribution in [0, 0.1) is 0 Å². The number of ether oxygens (including phenoxy) is 1. The summed E-state index contributed by atoms with van der Waals surface area (Å²) in [7, 11) is 1.26. The molecule has 4 rings (SSSR count). The van der Waals surface area contributed by atoms with Gasteiger partial charge in [0.05, 0.1) is 17.4 Å². The zero-order valence-corrected chi connectivity index (χ0v) is 21.7. The minimum atomic E-state index is -1.55. The minimum Gasteiger partial charge on any atom is -0.543 e. The van der Waals surface area contributed by atoms with Gasteiger partial charge in [-0.1, -0.05) is 11.2 Å². The van der Waals surface area contributed by atoms with Crippen molar-refractivity contribution in [2.45, 2.75) is 18.0 Å². The van der Waals surface area contributed by atoms with Gasteiger partial charge in [-0.25, -0.2) is 4.98 Å². The van der Waals surface area contributed by atoms with Crippen LogP contribution in [0.3, 0.4) is 0 Å². The van der Waals surface area contributed by atoms with Crippen molar-refractivity contribution < 1.29 is 58.6 Å². The summed E-state index contributed by atoms with van der Waals surface area (Å²) < 4.78 is 5.63. The van der Waals surface area contributed by atoms with Gasteiger partial charge in [0.25, 0.3) is 11.8 Å². The number of oxime groups is 1. The van der Waals surface area contributed by atoms with Crippen LogP contribution in [0.15, 0.2) is 46.4 Å². The summed E-state index contributed by atoms with van der Waals surface area (Å²) >= 11 is 2.36. The number of aliphatic carboxylic acids is 1. The number of thioether (sulfide) groups is 1. The zero-order chi connectivity index (χ0) is 23.5. The van der Waals surface area contributed by atoms with Crippen LogP contribution in [0.4, 0.5) is 5.13 Å². The number of carbonyl (C=O) groups excluding carboxylic acids is 3. The van der Waals surface area contributed by atoms with E-state index in [-0.39, 0.29) is 69.9 Å². The molecular formula is C19H17N6NaO6S2. The van der Waals surface area contributed by atoms with E-state index in [1.165, 1.54) is 24.3 Å². The molecule has 0 aromatic carbocycles. The number of hydrogen-bond donors (Lipinski definition) is 2. The Morgan fingerprint density at radius 2 is 2.21 bits per heavy atom. The molecule has 0 radical (unpaired) electrons. The Morgan fingerprint density at radius 3 is 2.82 bits per heavy atom. The third-order valence-corrected chi connectivity index (χ3v) is 6.62. The van der Waals surface area contributed by atoms with Crippen molar-refractivity contribution in [3.8, 4) is 0 Å². The number of nitrogens with zero attached hydrogens (tertiary/aromatic N) is 4. The fraction of sp³-hybridized carbons (Fsp3) is 0.263. The van der Waals surface area contributed by atoms with Crippen LogP contribution in [0.5, 0.6) is 0 Å². The Morgan fingerprint density at radius 1 is 1.41 bits per heavy atom. The molecule has 2 aliphatic heterocycles. The van der Waals surface area contributed by atoms with Gasteiger partial charge in [-0.15, -0.1) is 23.1 Å². The second-order valence-corrected chi connectivity index (χ2v) is 8.72. The summed E-state index contributed by atoms with van der Waals surface area (Å²) in [6.07, 6.45) is 1.59. The first-order valence-electron chi connectivity index (χ1n) is 9.46. The Hall–Kier alpha value is -2.65. The topological polar surface area (TPSA) is 172 Å². The summed E-state index contributed by atoms with van der Waals surface area (Å²) in [5.74, 6) is -2.61. The van der Waals surface area contributed by atoms with Crippen LogP contribution in [0.2, 0.25) is 0 Å². The van der Waals surface area contributed by atoms with Crippen LogP contribution in [-0.4, -0.2) is 62.6 Å². The van der Waals surface area contributed by atoms with E-state index in [4.69, 9.17) is 15.3 Å². The molecule has 0 bridgehead atoms. The molecule has 0 aliphatic carbocycles. The molecule has 4 heterocycles. The largest absolute Gasteiger partial charge is 1.00 e. The third-order valence-electron chi connectivity index (χ3n) is 4.70. The predicted molar refractivity (Wildman–Crippen MR) is 116 cm³/mol. The fourth-order valence-electron chi connectivity index (χ4n) is 3.24. The molecule has 2 amide bonds. The van der Waals surface area contributed by atoms with Crippen molar-refractivity contribution in [2.75, 3.05) is 18.6 Å². The second-order valence-electron chi connectivity index (χ2n) is 6.72. The predicted octanol–water partition coefficient (Wildman–Crippen LogP) is -3.95. The van der Waals surface area contributed by atoms with E-state index in [0.717, 1.165) is 16.2 Å². The molecule has 34 heavy (non-hydrogen) atoms. The van der Waals surface area contributed by atoms with E-state index >= 15 is 0 Å². The standard InChI is InChI=1S/C19H18N6O6S2.Na/c1-30-24-12(10-7-33-19(20)22-10)15(26)23-13-16(27)25-14(18(28)29)11(8-32-17(13)25)31-6-9-4-2-3-5-21-9;/h2-5,7,13,17H,6,8H2,1H3,(H2,20,22)(H,23,26)(H,28,29);/q;+1/p-1/b24-12-;/t13-,17-;/m1./s1. The fourth-order valence-corrected chi connectivity index (χ4v) is 5.06. The molecule has 0 unspecified atom stereocenters. The van der Waals surface area contributed by atoms with Crippen molar-refractivity contribution in [3.63, 3.8) is 0 Å². The molecule has 15 heteroatoms. The van der Waals surface area contributed by atoms with Gasteiger partial charge in [0.2, 0.25) is 0 Å². The van der Waals surface area contributed by atoms with Gasteiger partial charge >= 0.3 is 29.6 Å². The molecule has 2 atom stereocenters. The third kappa shape index (κ3) is 5.20. The minimum absolute atomic E-state index is 0. The van der Waals surface area contributed by atoms with E-state index in [0.29, 0.717) is 5.69 Å². The van der Waals surface area contributed by atoms with E-state index in [2.05, 4.69) is 20.4 Å². The number of hydrogen-bond acceptors (Lipinski definition) is 12. The van der Waals surface area contributed by atoms with Crippen molar-refractivity contribution in [1.29, 1.82) is 0 Å². The summed E-state index contributed by atoms with van der Waals surface area (Å²) in [5.41, 5.74) is 5.89. The smallest absolute Gasteiger partial charge is 0.543 e. The first kappa shape index (κ1) is 26.0. The molecule has 2 aromatic rings. The molecule has 0 saturated carbocycles. The van der Waals surface area contributed by atoms with Gasteiger partial charge in [-0.3, -0.25) is 19.5 Å². The maximum atomic E-state index is 12.8. The molecule has 172 valence electrons.